The van der Waals surface area contributed by atoms with Crippen LogP contribution < -0.4 is 10.2 Å². The second-order valence-electron chi connectivity index (χ2n) is 3.57. The lowest BCUT2D eigenvalue weighted by Gasteiger charge is -2.27. The molecule has 3 rings (SSSR count). The molecule has 5 nitrogen and oxygen atoms in total. The second kappa shape index (κ2) is 3.51. The van der Waals surface area contributed by atoms with E-state index in [4.69, 9.17) is 4.42 Å². The van der Waals surface area contributed by atoms with E-state index >= 15 is 0 Å². The highest BCUT2D eigenvalue weighted by Gasteiger charge is 2.16. The van der Waals surface area contributed by atoms with Gasteiger partial charge in [0.1, 0.15) is 11.8 Å². The Hall–Kier alpha value is -1.62. The zero-order chi connectivity index (χ0) is 10.1. The normalized spacial score (nSPS) is 17.2. The maximum Gasteiger partial charge on any atom is 0.194 e. The van der Waals surface area contributed by atoms with Crippen molar-refractivity contribution in [2.24, 2.45) is 0 Å². The number of piperazine rings is 1. The van der Waals surface area contributed by atoms with Gasteiger partial charge in [0.2, 0.25) is 0 Å². The summed E-state index contributed by atoms with van der Waals surface area (Å²) in [5.41, 5.74) is 1.66. The minimum absolute atomic E-state index is 0.791. The van der Waals surface area contributed by atoms with Gasteiger partial charge in [0.15, 0.2) is 11.4 Å². The Morgan fingerprint density at radius 1 is 1.27 bits per heavy atom. The van der Waals surface area contributed by atoms with Crippen LogP contribution in [0.1, 0.15) is 0 Å². The molecule has 15 heavy (non-hydrogen) atoms. The van der Waals surface area contributed by atoms with Gasteiger partial charge in [-0.05, 0) is 0 Å². The number of aromatic nitrogens is 2. The Labute approximate surface area is 87.1 Å². The Morgan fingerprint density at radius 3 is 3.00 bits per heavy atom. The highest BCUT2D eigenvalue weighted by atomic mass is 16.3. The molecule has 2 aromatic rings. The van der Waals surface area contributed by atoms with Gasteiger partial charge in [-0.15, -0.1) is 0 Å². The maximum absolute atomic E-state index is 5.42. The Bertz CT molecular complexity index is 461. The van der Waals surface area contributed by atoms with Crippen LogP contribution >= 0.6 is 0 Å². The summed E-state index contributed by atoms with van der Waals surface area (Å²) in [7, 11) is 0. The minimum Gasteiger partial charge on any atom is -0.459 e. The summed E-state index contributed by atoms with van der Waals surface area (Å²) in [6, 6.07) is 1.86. The maximum atomic E-state index is 5.42. The van der Waals surface area contributed by atoms with Crippen LogP contribution in [0.2, 0.25) is 0 Å². The molecule has 1 saturated heterocycles. The Balaban J connectivity index is 2.05. The largest absolute Gasteiger partial charge is 0.459 e. The van der Waals surface area contributed by atoms with E-state index in [1.165, 1.54) is 0 Å². The topological polar surface area (TPSA) is 54.2 Å². The Morgan fingerprint density at radius 2 is 2.13 bits per heavy atom. The number of rotatable bonds is 1. The van der Waals surface area contributed by atoms with E-state index in [1.54, 1.807) is 12.6 Å². The van der Waals surface area contributed by atoms with Gasteiger partial charge in [-0.25, -0.2) is 9.97 Å². The van der Waals surface area contributed by atoms with Crippen molar-refractivity contribution in [2.75, 3.05) is 31.1 Å². The molecular formula is C10H12N4O. The highest BCUT2D eigenvalue weighted by Crippen LogP contribution is 2.23. The van der Waals surface area contributed by atoms with Crippen LogP contribution in [-0.2, 0) is 0 Å². The van der Waals surface area contributed by atoms with Crippen molar-refractivity contribution in [3.8, 4) is 0 Å². The summed E-state index contributed by atoms with van der Waals surface area (Å²) >= 11 is 0. The smallest absolute Gasteiger partial charge is 0.194 e. The SMILES string of the molecule is c1nc(N2CCNCC2)c2occc2n1. The molecule has 0 unspecified atom stereocenters. The summed E-state index contributed by atoms with van der Waals surface area (Å²) < 4.78 is 5.42. The first-order valence-corrected chi connectivity index (χ1v) is 5.09. The monoisotopic (exact) mass is 204 g/mol. The average Bonchev–Trinajstić information content (AvgIpc) is 2.78. The molecule has 1 fully saturated rings. The third-order valence-electron chi connectivity index (χ3n) is 2.64. The van der Waals surface area contributed by atoms with E-state index in [0.717, 1.165) is 43.1 Å². The summed E-state index contributed by atoms with van der Waals surface area (Å²) in [5.74, 6) is 0.909. The third-order valence-corrected chi connectivity index (χ3v) is 2.64. The first-order chi connectivity index (χ1) is 7.45. The van der Waals surface area contributed by atoms with Gasteiger partial charge in [-0.1, -0.05) is 0 Å². The number of anilines is 1. The molecule has 0 atom stereocenters. The summed E-state index contributed by atoms with van der Waals surface area (Å²) in [6.07, 6.45) is 3.25. The summed E-state index contributed by atoms with van der Waals surface area (Å²) in [6.45, 7) is 3.91. The first-order valence-electron chi connectivity index (χ1n) is 5.09. The van der Waals surface area contributed by atoms with E-state index in [-0.39, 0.29) is 0 Å². The quantitative estimate of drug-likeness (QED) is 0.738. The van der Waals surface area contributed by atoms with Crippen LogP contribution in [0.25, 0.3) is 11.1 Å². The standard InChI is InChI=1S/C10H12N4O/c1-6-15-9-8(1)12-7-13-10(9)14-4-2-11-3-5-14/h1,6-7,11H,2-5H2. The molecule has 0 aromatic carbocycles. The molecule has 5 heteroatoms. The van der Waals surface area contributed by atoms with Gasteiger partial charge in [-0.3, -0.25) is 0 Å². The Kier molecular flexibility index (Phi) is 2.03. The van der Waals surface area contributed by atoms with Crippen molar-refractivity contribution >= 4 is 16.9 Å². The van der Waals surface area contributed by atoms with E-state index in [2.05, 4.69) is 20.2 Å². The van der Waals surface area contributed by atoms with Gasteiger partial charge in [0.25, 0.3) is 0 Å². The van der Waals surface area contributed by atoms with Crippen molar-refractivity contribution in [1.29, 1.82) is 0 Å². The van der Waals surface area contributed by atoms with Crippen molar-refractivity contribution in [2.45, 2.75) is 0 Å². The molecular weight excluding hydrogens is 192 g/mol. The molecule has 0 bridgehead atoms. The molecule has 0 aliphatic carbocycles. The fourth-order valence-electron chi connectivity index (χ4n) is 1.88. The molecule has 3 heterocycles. The number of nitrogens with one attached hydrogen (secondary N) is 1. The third kappa shape index (κ3) is 1.45. The molecule has 0 saturated carbocycles. The van der Waals surface area contributed by atoms with Gasteiger partial charge in [-0.2, -0.15) is 0 Å². The summed E-state index contributed by atoms with van der Waals surface area (Å²) in [4.78, 5) is 10.7. The van der Waals surface area contributed by atoms with Crippen LogP contribution in [-0.4, -0.2) is 36.1 Å². The van der Waals surface area contributed by atoms with Crippen LogP contribution in [0.4, 0.5) is 5.82 Å². The van der Waals surface area contributed by atoms with Gasteiger partial charge in [0.05, 0.1) is 6.26 Å². The lowest BCUT2D eigenvalue weighted by Crippen LogP contribution is -2.43. The molecule has 0 radical (unpaired) electrons. The van der Waals surface area contributed by atoms with Crippen molar-refractivity contribution in [1.82, 2.24) is 15.3 Å². The second-order valence-corrected chi connectivity index (χ2v) is 3.57. The lowest BCUT2D eigenvalue weighted by atomic mass is 10.3. The van der Waals surface area contributed by atoms with Crippen LogP contribution in [0.5, 0.6) is 0 Å². The molecule has 1 aliphatic heterocycles. The van der Waals surface area contributed by atoms with E-state index in [1.807, 2.05) is 6.07 Å². The number of hydrogen-bond acceptors (Lipinski definition) is 5. The van der Waals surface area contributed by atoms with E-state index in [0.29, 0.717) is 0 Å². The summed E-state index contributed by atoms with van der Waals surface area (Å²) in [5, 5.41) is 3.31. The number of hydrogen-bond donors (Lipinski definition) is 1. The molecule has 1 N–H and O–H groups in total. The average molecular weight is 204 g/mol. The predicted molar refractivity (Wildman–Crippen MR) is 56.9 cm³/mol. The molecule has 2 aromatic heterocycles. The number of furan rings is 1. The van der Waals surface area contributed by atoms with Crippen LogP contribution in [0.15, 0.2) is 23.1 Å². The van der Waals surface area contributed by atoms with Gasteiger partial charge in [0, 0.05) is 32.2 Å². The lowest BCUT2D eigenvalue weighted by molar-refractivity contribution is 0.573. The molecule has 1 aliphatic rings. The highest BCUT2D eigenvalue weighted by molar-refractivity contribution is 5.83. The minimum atomic E-state index is 0.791. The number of nitrogens with zero attached hydrogens (tertiary/aromatic N) is 3. The van der Waals surface area contributed by atoms with Crippen LogP contribution in [0.3, 0.4) is 0 Å². The zero-order valence-electron chi connectivity index (χ0n) is 8.31. The van der Waals surface area contributed by atoms with Crippen LogP contribution in [0, 0.1) is 0 Å². The molecule has 0 spiro atoms. The zero-order valence-corrected chi connectivity index (χ0v) is 8.31. The van der Waals surface area contributed by atoms with Gasteiger partial charge >= 0.3 is 0 Å². The number of fused-ring (bicyclic) bond motifs is 1. The fourth-order valence-corrected chi connectivity index (χ4v) is 1.88. The molecule has 0 amide bonds. The van der Waals surface area contributed by atoms with Crippen molar-refractivity contribution < 1.29 is 4.42 Å². The van der Waals surface area contributed by atoms with E-state index < -0.39 is 0 Å². The molecule has 78 valence electrons. The van der Waals surface area contributed by atoms with E-state index in [9.17, 15) is 0 Å². The first kappa shape index (κ1) is 8.67. The van der Waals surface area contributed by atoms with Crippen molar-refractivity contribution in [3.63, 3.8) is 0 Å². The predicted octanol–water partition coefficient (Wildman–Crippen LogP) is 0.632. The van der Waals surface area contributed by atoms with Crippen molar-refractivity contribution in [3.05, 3.63) is 18.7 Å². The fraction of sp³-hybridized carbons (Fsp3) is 0.400. The van der Waals surface area contributed by atoms with Gasteiger partial charge < -0.3 is 14.6 Å².